The minimum absolute atomic E-state index is 0.191. The highest BCUT2D eigenvalue weighted by Crippen LogP contribution is 2.28. The number of amides is 1. The second-order valence-corrected chi connectivity index (χ2v) is 7.07. The number of primary amides is 1. The molecule has 1 aromatic carbocycles. The molecule has 1 amide bonds. The number of rotatable bonds is 7. The zero-order valence-corrected chi connectivity index (χ0v) is 16.3. The molecule has 3 aromatic rings. The van der Waals surface area contributed by atoms with Crippen LogP contribution in [-0.2, 0) is 17.7 Å². The molecule has 0 fully saturated rings. The van der Waals surface area contributed by atoms with Gasteiger partial charge in [0.05, 0.1) is 30.5 Å². The fourth-order valence-corrected chi connectivity index (χ4v) is 4.10. The van der Waals surface area contributed by atoms with Crippen molar-refractivity contribution in [2.24, 2.45) is 5.73 Å². The predicted molar refractivity (Wildman–Crippen MR) is 105 cm³/mol. The van der Waals surface area contributed by atoms with Gasteiger partial charge in [-0.15, -0.1) is 11.3 Å². The van der Waals surface area contributed by atoms with Crippen LogP contribution in [0.1, 0.15) is 26.6 Å². The average Bonchev–Trinajstić information content (AvgIpc) is 2.99. The summed E-state index contributed by atoms with van der Waals surface area (Å²) in [5, 5.41) is 0.439. The maximum atomic E-state index is 13.1. The lowest BCUT2D eigenvalue weighted by Crippen LogP contribution is -2.27. The average molecular weight is 387 g/mol. The van der Waals surface area contributed by atoms with Gasteiger partial charge < -0.3 is 15.2 Å². The predicted octanol–water partition coefficient (Wildman–Crippen LogP) is 2.11. The summed E-state index contributed by atoms with van der Waals surface area (Å²) in [7, 11) is 3.19. The van der Waals surface area contributed by atoms with E-state index in [-0.39, 0.29) is 5.56 Å². The number of nitrogens with two attached hydrogens (primary N) is 1. The minimum Gasteiger partial charge on any atom is -0.496 e. The Morgan fingerprint density at radius 1 is 1.30 bits per heavy atom. The van der Waals surface area contributed by atoms with E-state index in [1.54, 1.807) is 25.7 Å². The van der Waals surface area contributed by atoms with Crippen molar-refractivity contribution in [1.29, 1.82) is 0 Å². The summed E-state index contributed by atoms with van der Waals surface area (Å²) in [5.41, 5.74) is 6.75. The van der Waals surface area contributed by atoms with Gasteiger partial charge >= 0.3 is 0 Å². The van der Waals surface area contributed by atoms with Crippen molar-refractivity contribution >= 4 is 27.5 Å². The number of methoxy groups -OCH3 is 2. The number of carbonyl (C=O) groups excluding carboxylic acids is 1. The highest BCUT2D eigenvalue weighted by Gasteiger charge is 2.20. The van der Waals surface area contributed by atoms with Gasteiger partial charge in [0, 0.05) is 19.1 Å². The van der Waals surface area contributed by atoms with Crippen LogP contribution in [0, 0.1) is 6.92 Å². The van der Waals surface area contributed by atoms with Crippen LogP contribution in [0.4, 0.5) is 0 Å². The number of benzene rings is 1. The fraction of sp³-hybridized carbons (Fsp3) is 0.316. The van der Waals surface area contributed by atoms with E-state index in [1.807, 2.05) is 24.3 Å². The molecule has 0 unspecified atom stereocenters. The van der Waals surface area contributed by atoms with E-state index < -0.39 is 5.91 Å². The van der Waals surface area contributed by atoms with Crippen LogP contribution < -0.4 is 16.0 Å². The molecule has 2 aromatic heterocycles. The van der Waals surface area contributed by atoms with Crippen molar-refractivity contribution in [3.63, 3.8) is 0 Å². The largest absolute Gasteiger partial charge is 0.496 e. The molecule has 142 valence electrons. The summed E-state index contributed by atoms with van der Waals surface area (Å²) in [4.78, 5) is 30.4. The Labute approximate surface area is 160 Å². The Balaban J connectivity index is 2.20. The number of ether oxygens (including phenoxy) is 2. The van der Waals surface area contributed by atoms with E-state index >= 15 is 0 Å². The van der Waals surface area contributed by atoms with Crippen LogP contribution in [0.25, 0.3) is 10.2 Å². The van der Waals surface area contributed by atoms with Gasteiger partial charge in [0.25, 0.3) is 11.5 Å². The van der Waals surface area contributed by atoms with Gasteiger partial charge in [0.1, 0.15) is 16.4 Å². The van der Waals surface area contributed by atoms with Crippen LogP contribution in [0.15, 0.2) is 29.1 Å². The number of hydrogen-bond acceptors (Lipinski definition) is 6. The third-order valence-corrected chi connectivity index (χ3v) is 5.61. The first kappa shape index (κ1) is 19.1. The monoisotopic (exact) mass is 387 g/mol. The molecular formula is C19H21N3O4S. The Hall–Kier alpha value is -2.71. The molecule has 2 N–H and O–H groups in total. The summed E-state index contributed by atoms with van der Waals surface area (Å²) >= 11 is 1.15. The normalized spacial score (nSPS) is 11.1. The SMILES string of the molecule is COCCn1c(Cc2ccccc2OC)nc2sc(C(N)=O)c(C)c2c1=O. The van der Waals surface area contributed by atoms with Gasteiger partial charge in [0.15, 0.2) is 0 Å². The lowest BCUT2D eigenvalue weighted by Gasteiger charge is -2.14. The van der Waals surface area contributed by atoms with E-state index in [0.717, 1.165) is 22.6 Å². The van der Waals surface area contributed by atoms with Crippen molar-refractivity contribution in [2.45, 2.75) is 19.9 Å². The van der Waals surface area contributed by atoms with E-state index in [0.29, 0.717) is 46.1 Å². The number of nitrogens with zero attached hydrogens (tertiary/aromatic N) is 2. The topological polar surface area (TPSA) is 96.4 Å². The van der Waals surface area contributed by atoms with Crippen LogP contribution in [0.2, 0.25) is 0 Å². The van der Waals surface area contributed by atoms with Crippen molar-refractivity contribution in [3.05, 3.63) is 56.4 Å². The van der Waals surface area contributed by atoms with Gasteiger partial charge in [-0.2, -0.15) is 0 Å². The molecule has 0 saturated heterocycles. The van der Waals surface area contributed by atoms with E-state index in [4.69, 9.17) is 15.2 Å². The number of para-hydroxylation sites is 1. The zero-order chi connectivity index (χ0) is 19.6. The molecule has 7 nitrogen and oxygen atoms in total. The molecule has 0 saturated carbocycles. The zero-order valence-electron chi connectivity index (χ0n) is 15.4. The Bertz CT molecular complexity index is 1060. The fourth-order valence-electron chi connectivity index (χ4n) is 3.06. The quantitative estimate of drug-likeness (QED) is 0.670. The smallest absolute Gasteiger partial charge is 0.262 e. The summed E-state index contributed by atoms with van der Waals surface area (Å²) in [6, 6.07) is 7.60. The molecule has 0 aliphatic carbocycles. The molecule has 0 aliphatic heterocycles. The molecule has 0 spiro atoms. The van der Waals surface area contributed by atoms with Gasteiger partial charge in [-0.1, -0.05) is 18.2 Å². The highest BCUT2D eigenvalue weighted by atomic mass is 32.1. The summed E-state index contributed by atoms with van der Waals surface area (Å²) < 4.78 is 12.2. The van der Waals surface area contributed by atoms with E-state index in [9.17, 15) is 9.59 Å². The molecule has 0 radical (unpaired) electrons. The standard InChI is InChI=1S/C19H21N3O4S/c1-11-15-18(27-16(11)17(20)23)21-14(22(19(15)24)8-9-25-2)10-12-6-4-5-7-13(12)26-3/h4-7H,8-10H2,1-3H3,(H2,20,23). The minimum atomic E-state index is -0.551. The first-order valence-electron chi connectivity index (χ1n) is 8.41. The van der Waals surface area contributed by atoms with Gasteiger partial charge in [-0.05, 0) is 18.6 Å². The first-order chi connectivity index (χ1) is 13.0. The molecular weight excluding hydrogens is 366 g/mol. The third kappa shape index (κ3) is 3.58. The molecule has 8 heteroatoms. The first-order valence-corrected chi connectivity index (χ1v) is 9.23. The lowest BCUT2D eigenvalue weighted by atomic mass is 10.1. The number of hydrogen-bond donors (Lipinski definition) is 1. The Kier molecular flexibility index (Phi) is 5.57. The maximum absolute atomic E-state index is 13.1. The maximum Gasteiger partial charge on any atom is 0.262 e. The number of thiophene rings is 1. The molecule has 0 bridgehead atoms. The summed E-state index contributed by atoms with van der Waals surface area (Å²) in [5.74, 6) is 0.765. The van der Waals surface area contributed by atoms with Crippen molar-refractivity contribution in [1.82, 2.24) is 9.55 Å². The van der Waals surface area contributed by atoms with E-state index in [1.165, 1.54) is 0 Å². The molecule has 0 aliphatic rings. The Morgan fingerprint density at radius 2 is 2.04 bits per heavy atom. The molecule has 27 heavy (non-hydrogen) atoms. The number of aromatic nitrogens is 2. The number of aryl methyl sites for hydroxylation is 1. The van der Waals surface area contributed by atoms with Gasteiger partial charge in [0.2, 0.25) is 0 Å². The summed E-state index contributed by atoms with van der Waals surface area (Å²) in [6.45, 7) is 2.46. The van der Waals surface area contributed by atoms with Crippen LogP contribution in [0.5, 0.6) is 5.75 Å². The van der Waals surface area contributed by atoms with Gasteiger partial charge in [-0.3, -0.25) is 14.2 Å². The van der Waals surface area contributed by atoms with Gasteiger partial charge in [-0.25, -0.2) is 4.98 Å². The lowest BCUT2D eigenvalue weighted by molar-refractivity contribution is 0.100. The summed E-state index contributed by atoms with van der Waals surface area (Å²) in [6.07, 6.45) is 0.418. The number of carbonyl (C=O) groups is 1. The van der Waals surface area contributed by atoms with Crippen molar-refractivity contribution in [2.75, 3.05) is 20.8 Å². The van der Waals surface area contributed by atoms with Crippen molar-refractivity contribution in [3.8, 4) is 5.75 Å². The second kappa shape index (κ2) is 7.89. The molecule has 3 rings (SSSR count). The number of fused-ring (bicyclic) bond motifs is 1. The van der Waals surface area contributed by atoms with Crippen LogP contribution in [-0.4, -0.2) is 36.3 Å². The second-order valence-electron chi connectivity index (χ2n) is 6.07. The van der Waals surface area contributed by atoms with Crippen LogP contribution >= 0.6 is 11.3 Å². The Morgan fingerprint density at radius 3 is 2.70 bits per heavy atom. The third-order valence-electron chi connectivity index (χ3n) is 4.41. The van der Waals surface area contributed by atoms with Crippen molar-refractivity contribution < 1.29 is 14.3 Å². The molecule has 2 heterocycles. The highest BCUT2D eigenvalue weighted by molar-refractivity contribution is 7.20. The van der Waals surface area contributed by atoms with E-state index in [2.05, 4.69) is 4.98 Å². The molecule has 0 atom stereocenters. The van der Waals surface area contributed by atoms with Crippen LogP contribution in [0.3, 0.4) is 0 Å².